The summed E-state index contributed by atoms with van der Waals surface area (Å²) in [6.07, 6.45) is 0. The first-order chi connectivity index (χ1) is 10.2. The molecule has 0 unspecified atom stereocenters. The zero-order valence-electron chi connectivity index (χ0n) is 12.6. The minimum absolute atomic E-state index is 0.242. The number of hydrogen-bond acceptors (Lipinski definition) is 4. The molecule has 0 aliphatic heterocycles. The molecule has 0 saturated carbocycles. The molecule has 0 bridgehead atoms. The molecule has 2 rings (SSSR count). The molecule has 0 atom stereocenters. The lowest BCUT2D eigenvalue weighted by atomic mass is 10.2. The summed E-state index contributed by atoms with van der Waals surface area (Å²) >= 11 is 0. The van der Waals surface area contributed by atoms with Crippen LogP contribution in [0.25, 0.3) is 0 Å². The molecule has 2 N–H and O–H groups in total. The summed E-state index contributed by atoms with van der Waals surface area (Å²) in [5, 5.41) is 0. The third kappa shape index (κ3) is 4.84. The van der Waals surface area contributed by atoms with Crippen molar-refractivity contribution in [1.82, 2.24) is 0 Å². The minimum atomic E-state index is -0.401. The van der Waals surface area contributed by atoms with Gasteiger partial charge >= 0.3 is 5.97 Å². The first kappa shape index (κ1) is 16.6. The molecule has 112 valence electrons. The Morgan fingerprint density at radius 1 is 1.10 bits per heavy atom. The Labute approximate surface area is 125 Å². The van der Waals surface area contributed by atoms with Crippen LogP contribution in [0.5, 0.6) is 5.75 Å². The molecule has 0 heterocycles. The van der Waals surface area contributed by atoms with E-state index in [9.17, 15) is 4.79 Å². The first-order valence-corrected chi connectivity index (χ1v) is 6.85. The molecular formula is C17H21NO3. The quantitative estimate of drug-likeness (QED) is 0.688. The van der Waals surface area contributed by atoms with E-state index < -0.39 is 5.97 Å². The van der Waals surface area contributed by atoms with Crippen LogP contribution >= 0.6 is 0 Å². The van der Waals surface area contributed by atoms with E-state index in [2.05, 4.69) is 0 Å². The maximum Gasteiger partial charge on any atom is 0.338 e. The highest BCUT2D eigenvalue weighted by atomic mass is 16.5. The number of rotatable bonds is 4. The molecule has 21 heavy (non-hydrogen) atoms. The number of ether oxygens (including phenoxy) is 2. The van der Waals surface area contributed by atoms with Gasteiger partial charge in [-0.1, -0.05) is 44.2 Å². The summed E-state index contributed by atoms with van der Waals surface area (Å²) in [6.45, 7) is 4.24. The van der Waals surface area contributed by atoms with Crippen LogP contribution in [0.4, 0.5) is 5.69 Å². The van der Waals surface area contributed by atoms with Crippen LogP contribution in [0.15, 0.2) is 48.5 Å². The van der Waals surface area contributed by atoms with Gasteiger partial charge in [0.2, 0.25) is 0 Å². The molecule has 0 radical (unpaired) electrons. The zero-order valence-corrected chi connectivity index (χ0v) is 12.6. The highest BCUT2D eigenvalue weighted by Crippen LogP contribution is 2.22. The number of anilines is 1. The van der Waals surface area contributed by atoms with E-state index in [0.717, 1.165) is 5.56 Å². The second-order valence-corrected chi connectivity index (χ2v) is 4.02. The van der Waals surface area contributed by atoms with Gasteiger partial charge in [0, 0.05) is 0 Å². The van der Waals surface area contributed by atoms with Crippen LogP contribution in [0.2, 0.25) is 0 Å². The zero-order chi connectivity index (χ0) is 15.7. The van der Waals surface area contributed by atoms with Crippen molar-refractivity contribution in [2.24, 2.45) is 0 Å². The van der Waals surface area contributed by atoms with Gasteiger partial charge in [-0.3, -0.25) is 0 Å². The molecule has 2 aromatic carbocycles. The third-order valence-corrected chi connectivity index (χ3v) is 2.68. The number of nitrogen functional groups attached to an aromatic ring is 1. The lowest BCUT2D eigenvalue weighted by Gasteiger charge is -2.08. The van der Waals surface area contributed by atoms with E-state index in [1.54, 1.807) is 18.2 Å². The second kappa shape index (κ2) is 8.64. The largest absolute Gasteiger partial charge is 0.495 e. The highest BCUT2D eigenvalue weighted by Gasteiger charge is 2.10. The third-order valence-electron chi connectivity index (χ3n) is 2.68. The van der Waals surface area contributed by atoms with Crippen molar-refractivity contribution >= 4 is 11.7 Å². The van der Waals surface area contributed by atoms with Gasteiger partial charge in [0.1, 0.15) is 12.4 Å². The summed E-state index contributed by atoms with van der Waals surface area (Å²) in [5.41, 5.74) is 7.54. The van der Waals surface area contributed by atoms with Crippen molar-refractivity contribution in [2.75, 3.05) is 12.8 Å². The molecular weight excluding hydrogens is 266 g/mol. The maximum absolute atomic E-state index is 11.9. The van der Waals surface area contributed by atoms with Gasteiger partial charge in [0.05, 0.1) is 18.4 Å². The van der Waals surface area contributed by atoms with Crippen LogP contribution in [-0.4, -0.2) is 13.1 Å². The fourth-order valence-corrected chi connectivity index (χ4v) is 1.64. The van der Waals surface area contributed by atoms with Gasteiger partial charge in [-0.25, -0.2) is 4.79 Å². The molecule has 0 spiro atoms. The van der Waals surface area contributed by atoms with E-state index in [4.69, 9.17) is 15.2 Å². The summed E-state index contributed by atoms with van der Waals surface area (Å²) < 4.78 is 10.3. The molecule has 0 aromatic heterocycles. The number of nitrogens with two attached hydrogens (primary N) is 1. The number of hydrogen-bond donors (Lipinski definition) is 1. The molecule has 0 aliphatic carbocycles. The van der Waals surface area contributed by atoms with Crippen LogP contribution in [-0.2, 0) is 11.3 Å². The predicted molar refractivity (Wildman–Crippen MR) is 84.3 cm³/mol. The minimum Gasteiger partial charge on any atom is -0.495 e. The smallest absolute Gasteiger partial charge is 0.338 e. The van der Waals surface area contributed by atoms with E-state index >= 15 is 0 Å². The van der Waals surface area contributed by atoms with Crippen molar-refractivity contribution in [1.29, 1.82) is 0 Å². The number of carbonyl (C=O) groups is 1. The fourth-order valence-electron chi connectivity index (χ4n) is 1.64. The molecule has 0 aliphatic rings. The SMILES string of the molecule is CC.COc1cc(C(=O)OCc2ccccc2)ccc1N. The molecule has 4 heteroatoms. The number of benzene rings is 2. The lowest BCUT2D eigenvalue weighted by molar-refractivity contribution is 0.0472. The van der Waals surface area contributed by atoms with E-state index in [0.29, 0.717) is 17.0 Å². The standard InChI is InChI=1S/C15H15NO3.C2H6/c1-18-14-9-12(7-8-13(14)16)15(17)19-10-11-5-3-2-4-6-11;1-2/h2-9H,10,16H2,1H3;1-2H3. The van der Waals surface area contributed by atoms with Crippen molar-refractivity contribution in [3.8, 4) is 5.75 Å². The molecule has 0 amide bonds. The first-order valence-electron chi connectivity index (χ1n) is 6.85. The summed E-state index contributed by atoms with van der Waals surface area (Å²) in [7, 11) is 1.50. The highest BCUT2D eigenvalue weighted by molar-refractivity contribution is 5.90. The Balaban J connectivity index is 0.00000106. The fraction of sp³-hybridized carbons (Fsp3) is 0.235. The van der Waals surface area contributed by atoms with Crippen LogP contribution in [0, 0.1) is 0 Å². The van der Waals surface area contributed by atoms with Gasteiger partial charge < -0.3 is 15.2 Å². The Morgan fingerprint density at radius 3 is 2.38 bits per heavy atom. The Hall–Kier alpha value is -2.49. The molecule has 4 nitrogen and oxygen atoms in total. The monoisotopic (exact) mass is 287 g/mol. The van der Waals surface area contributed by atoms with Crippen LogP contribution in [0.1, 0.15) is 29.8 Å². The van der Waals surface area contributed by atoms with E-state index in [1.807, 2.05) is 44.2 Å². The van der Waals surface area contributed by atoms with Crippen LogP contribution < -0.4 is 10.5 Å². The number of esters is 1. The topological polar surface area (TPSA) is 61.5 Å². The predicted octanol–water partition coefficient (Wildman–Crippen LogP) is 3.66. The van der Waals surface area contributed by atoms with Gasteiger partial charge in [0.25, 0.3) is 0 Å². The molecule has 0 saturated heterocycles. The van der Waals surface area contributed by atoms with Crippen molar-refractivity contribution in [2.45, 2.75) is 20.5 Å². The number of methoxy groups -OCH3 is 1. The number of carbonyl (C=O) groups excluding carboxylic acids is 1. The maximum atomic E-state index is 11.9. The average molecular weight is 287 g/mol. The van der Waals surface area contributed by atoms with Crippen molar-refractivity contribution in [3.63, 3.8) is 0 Å². The van der Waals surface area contributed by atoms with E-state index in [1.165, 1.54) is 7.11 Å². The molecule has 2 aromatic rings. The van der Waals surface area contributed by atoms with Crippen LogP contribution in [0.3, 0.4) is 0 Å². The second-order valence-electron chi connectivity index (χ2n) is 4.02. The van der Waals surface area contributed by atoms with Gasteiger partial charge in [-0.2, -0.15) is 0 Å². The van der Waals surface area contributed by atoms with E-state index in [-0.39, 0.29) is 6.61 Å². The Morgan fingerprint density at radius 2 is 1.76 bits per heavy atom. The Bertz CT molecular complexity index is 568. The van der Waals surface area contributed by atoms with Crippen molar-refractivity contribution in [3.05, 3.63) is 59.7 Å². The molecule has 0 fully saturated rings. The van der Waals surface area contributed by atoms with Gasteiger partial charge in [-0.05, 0) is 23.8 Å². The summed E-state index contributed by atoms with van der Waals surface area (Å²) in [6, 6.07) is 14.3. The van der Waals surface area contributed by atoms with Crippen molar-refractivity contribution < 1.29 is 14.3 Å². The summed E-state index contributed by atoms with van der Waals surface area (Å²) in [5.74, 6) is 0.0660. The normalized spacial score (nSPS) is 9.29. The summed E-state index contributed by atoms with van der Waals surface area (Å²) in [4.78, 5) is 11.9. The lowest BCUT2D eigenvalue weighted by Crippen LogP contribution is -2.06. The Kier molecular flexibility index (Phi) is 6.81. The average Bonchev–Trinajstić information content (AvgIpc) is 2.56. The van der Waals surface area contributed by atoms with Gasteiger partial charge in [-0.15, -0.1) is 0 Å². The van der Waals surface area contributed by atoms with Gasteiger partial charge in [0.15, 0.2) is 0 Å².